The lowest BCUT2D eigenvalue weighted by Gasteiger charge is -2.19. The lowest BCUT2D eigenvalue weighted by atomic mass is 10.2. The monoisotopic (exact) mass is 371 g/mol. The minimum atomic E-state index is -0.544. The van der Waals surface area contributed by atoms with Crippen molar-refractivity contribution in [2.24, 2.45) is 0 Å². The second-order valence-corrected chi connectivity index (χ2v) is 6.93. The van der Waals surface area contributed by atoms with Crippen LogP contribution in [-0.2, 0) is 29.2 Å². The second kappa shape index (κ2) is 9.56. The van der Waals surface area contributed by atoms with Crippen LogP contribution in [0.3, 0.4) is 0 Å². The van der Waals surface area contributed by atoms with Gasteiger partial charge in [-0.1, -0.05) is 30.3 Å². The van der Waals surface area contributed by atoms with E-state index in [2.05, 4.69) is 15.6 Å². The molecule has 0 unspecified atom stereocenters. The maximum absolute atomic E-state index is 11.8. The number of amides is 2. The first-order valence-electron chi connectivity index (χ1n) is 8.67. The van der Waals surface area contributed by atoms with Crippen LogP contribution in [0.5, 0.6) is 0 Å². The predicted octanol–water partition coefficient (Wildman–Crippen LogP) is 3.53. The minimum absolute atomic E-state index is 0.208. The molecule has 0 aliphatic carbocycles. The van der Waals surface area contributed by atoms with Gasteiger partial charge in [0.1, 0.15) is 12.2 Å². The summed E-state index contributed by atoms with van der Waals surface area (Å²) in [5, 5.41) is 5.34. The van der Waals surface area contributed by atoms with Crippen molar-refractivity contribution in [2.45, 2.75) is 46.1 Å². The molecule has 0 radical (unpaired) electrons. The van der Waals surface area contributed by atoms with Crippen LogP contribution in [-0.4, -0.2) is 22.8 Å². The van der Waals surface area contributed by atoms with Gasteiger partial charge in [0.15, 0.2) is 0 Å². The molecule has 2 amide bonds. The lowest BCUT2D eigenvalue weighted by Crippen LogP contribution is -2.32. The van der Waals surface area contributed by atoms with Crippen LogP contribution in [0.2, 0.25) is 0 Å². The Kier molecular flexibility index (Phi) is 7.16. The maximum atomic E-state index is 11.8. The number of pyridine rings is 1. The van der Waals surface area contributed by atoms with Gasteiger partial charge in [-0.25, -0.2) is 9.59 Å². The van der Waals surface area contributed by atoms with Crippen molar-refractivity contribution in [3.8, 4) is 0 Å². The average Bonchev–Trinajstić information content (AvgIpc) is 2.63. The third-order valence-electron chi connectivity index (χ3n) is 3.34. The van der Waals surface area contributed by atoms with Crippen LogP contribution in [0.1, 0.15) is 37.6 Å². The Hall–Kier alpha value is -3.09. The molecule has 1 aromatic carbocycles. The van der Waals surface area contributed by atoms with Gasteiger partial charge in [-0.2, -0.15) is 0 Å². The molecule has 1 aromatic heterocycles. The number of alkyl carbamates (subject to hydrolysis) is 2. The number of ether oxygens (including phenoxy) is 2. The van der Waals surface area contributed by atoms with E-state index in [0.717, 1.165) is 11.1 Å². The summed E-state index contributed by atoms with van der Waals surface area (Å²) in [5.74, 6) is 0. The molecule has 0 fully saturated rings. The fourth-order valence-corrected chi connectivity index (χ4v) is 2.16. The zero-order chi connectivity index (χ0) is 19.7. The fourth-order valence-electron chi connectivity index (χ4n) is 2.16. The number of nitrogens with zero attached hydrogens (tertiary/aromatic N) is 1. The van der Waals surface area contributed by atoms with E-state index in [4.69, 9.17) is 9.47 Å². The standard InChI is InChI=1S/C20H25N3O4/c1-20(2,3)27-19(25)22-12-16-9-10-21-17(11-16)13-23-18(24)26-14-15-7-5-4-6-8-15/h4-11H,12-14H2,1-3H3,(H,22,25)(H,23,24). The van der Waals surface area contributed by atoms with Crippen molar-refractivity contribution in [1.29, 1.82) is 0 Å². The van der Waals surface area contributed by atoms with Gasteiger partial charge in [-0.15, -0.1) is 0 Å². The largest absolute Gasteiger partial charge is 0.445 e. The predicted molar refractivity (Wildman–Crippen MR) is 101 cm³/mol. The summed E-state index contributed by atoms with van der Waals surface area (Å²) in [4.78, 5) is 27.7. The Bertz CT molecular complexity index is 757. The van der Waals surface area contributed by atoms with Crippen molar-refractivity contribution < 1.29 is 19.1 Å². The molecule has 0 aliphatic heterocycles. The van der Waals surface area contributed by atoms with Gasteiger partial charge in [0.25, 0.3) is 0 Å². The Labute approximate surface area is 159 Å². The Balaban J connectivity index is 1.76. The number of carbonyl (C=O) groups excluding carboxylic acids is 2. The molecule has 7 nitrogen and oxygen atoms in total. The van der Waals surface area contributed by atoms with E-state index in [1.807, 2.05) is 30.3 Å². The van der Waals surface area contributed by atoms with Crippen LogP contribution < -0.4 is 10.6 Å². The first kappa shape index (κ1) is 20.2. The molecular formula is C20H25N3O4. The molecule has 0 saturated carbocycles. The number of benzene rings is 1. The highest BCUT2D eigenvalue weighted by Gasteiger charge is 2.15. The molecule has 0 atom stereocenters. The Morgan fingerprint density at radius 1 is 0.963 bits per heavy atom. The number of hydrogen-bond donors (Lipinski definition) is 2. The van der Waals surface area contributed by atoms with E-state index in [1.54, 1.807) is 39.1 Å². The summed E-state index contributed by atoms with van der Waals surface area (Å²) in [6, 6.07) is 13.0. The number of carbonyl (C=O) groups is 2. The number of rotatable bonds is 6. The van der Waals surface area contributed by atoms with Crippen LogP contribution in [0, 0.1) is 0 Å². The lowest BCUT2D eigenvalue weighted by molar-refractivity contribution is 0.0523. The summed E-state index contributed by atoms with van der Waals surface area (Å²) in [6.07, 6.45) is 0.625. The summed E-state index contributed by atoms with van der Waals surface area (Å²) in [6.45, 7) is 6.16. The second-order valence-electron chi connectivity index (χ2n) is 6.93. The van der Waals surface area contributed by atoms with Crippen molar-refractivity contribution in [3.05, 3.63) is 65.5 Å². The van der Waals surface area contributed by atoms with Crippen molar-refractivity contribution in [2.75, 3.05) is 0 Å². The number of nitrogens with one attached hydrogen (secondary N) is 2. The molecule has 7 heteroatoms. The van der Waals surface area contributed by atoms with E-state index in [-0.39, 0.29) is 13.2 Å². The van der Waals surface area contributed by atoms with Gasteiger partial charge < -0.3 is 20.1 Å². The highest BCUT2D eigenvalue weighted by Crippen LogP contribution is 2.07. The zero-order valence-corrected chi connectivity index (χ0v) is 15.8. The highest BCUT2D eigenvalue weighted by molar-refractivity contribution is 5.68. The van der Waals surface area contributed by atoms with Gasteiger partial charge in [-0.05, 0) is 44.0 Å². The average molecular weight is 371 g/mol. The third-order valence-corrected chi connectivity index (χ3v) is 3.34. The summed E-state index contributed by atoms with van der Waals surface area (Å²) in [7, 11) is 0. The molecule has 2 rings (SSSR count). The summed E-state index contributed by atoms with van der Waals surface area (Å²) in [5.41, 5.74) is 1.89. The fraction of sp³-hybridized carbons (Fsp3) is 0.350. The highest BCUT2D eigenvalue weighted by atomic mass is 16.6. The molecule has 0 saturated heterocycles. The van der Waals surface area contributed by atoms with Crippen molar-refractivity contribution in [1.82, 2.24) is 15.6 Å². The van der Waals surface area contributed by atoms with E-state index < -0.39 is 17.8 Å². The molecule has 0 spiro atoms. The summed E-state index contributed by atoms with van der Waals surface area (Å²) < 4.78 is 10.3. The first-order chi connectivity index (χ1) is 12.8. The maximum Gasteiger partial charge on any atom is 0.407 e. The Morgan fingerprint density at radius 2 is 1.67 bits per heavy atom. The third kappa shape index (κ3) is 8.22. The smallest absolute Gasteiger partial charge is 0.407 e. The molecule has 2 N–H and O–H groups in total. The van der Waals surface area contributed by atoms with Crippen LogP contribution >= 0.6 is 0 Å². The molecule has 0 aliphatic rings. The Morgan fingerprint density at radius 3 is 2.37 bits per heavy atom. The van der Waals surface area contributed by atoms with Gasteiger partial charge in [0, 0.05) is 12.7 Å². The van der Waals surface area contributed by atoms with Crippen molar-refractivity contribution in [3.63, 3.8) is 0 Å². The number of hydrogen-bond acceptors (Lipinski definition) is 5. The van der Waals surface area contributed by atoms with E-state index >= 15 is 0 Å². The van der Waals surface area contributed by atoms with Crippen molar-refractivity contribution >= 4 is 12.2 Å². The molecule has 2 aromatic rings. The zero-order valence-electron chi connectivity index (χ0n) is 15.8. The van der Waals surface area contributed by atoms with Crippen LogP contribution in [0.25, 0.3) is 0 Å². The molecule has 27 heavy (non-hydrogen) atoms. The normalized spacial score (nSPS) is 10.8. The van der Waals surface area contributed by atoms with Gasteiger partial charge in [0.2, 0.25) is 0 Å². The molecule has 0 bridgehead atoms. The topological polar surface area (TPSA) is 89.5 Å². The van der Waals surface area contributed by atoms with Gasteiger partial charge in [-0.3, -0.25) is 4.98 Å². The van der Waals surface area contributed by atoms with Gasteiger partial charge in [0.05, 0.1) is 12.2 Å². The molecule has 144 valence electrons. The molecule has 1 heterocycles. The van der Waals surface area contributed by atoms with Crippen LogP contribution in [0.4, 0.5) is 9.59 Å². The van der Waals surface area contributed by atoms with E-state index in [0.29, 0.717) is 12.2 Å². The SMILES string of the molecule is CC(C)(C)OC(=O)NCc1ccnc(CNC(=O)OCc2ccccc2)c1. The van der Waals surface area contributed by atoms with E-state index in [1.165, 1.54) is 0 Å². The van der Waals surface area contributed by atoms with Crippen LogP contribution in [0.15, 0.2) is 48.7 Å². The van der Waals surface area contributed by atoms with E-state index in [9.17, 15) is 9.59 Å². The molecular weight excluding hydrogens is 346 g/mol. The minimum Gasteiger partial charge on any atom is -0.445 e. The quantitative estimate of drug-likeness (QED) is 0.811. The summed E-state index contributed by atoms with van der Waals surface area (Å²) >= 11 is 0. The van der Waals surface area contributed by atoms with Gasteiger partial charge >= 0.3 is 12.2 Å². The number of aromatic nitrogens is 1. The first-order valence-corrected chi connectivity index (χ1v) is 8.67.